The predicted octanol–water partition coefficient (Wildman–Crippen LogP) is 7.17. The molecule has 4 rings (SSSR count). The van der Waals surface area contributed by atoms with Crippen molar-refractivity contribution in [3.63, 3.8) is 0 Å². The molecule has 1 heterocycles. The topological polar surface area (TPSA) is 46.6 Å². The Kier molecular flexibility index (Phi) is 7.13. The number of hydrogen-bond acceptors (Lipinski definition) is 4. The highest BCUT2D eigenvalue weighted by molar-refractivity contribution is 9.11. The van der Waals surface area contributed by atoms with E-state index < -0.39 is 17.0 Å². The lowest BCUT2D eigenvalue weighted by molar-refractivity contribution is -0.123. The molecule has 1 aliphatic heterocycles. The van der Waals surface area contributed by atoms with Crippen LogP contribution in [0.15, 0.2) is 80.6 Å². The van der Waals surface area contributed by atoms with Crippen molar-refractivity contribution in [1.29, 1.82) is 0 Å². The summed E-state index contributed by atoms with van der Waals surface area (Å²) >= 11 is 7.87. The molecule has 162 valence electrons. The van der Waals surface area contributed by atoms with Crippen LogP contribution in [0.2, 0.25) is 0 Å². The number of carbonyl (C=O) groups excluding carboxylic acids is 2. The zero-order chi connectivity index (χ0) is 22.7. The number of amides is 2. The molecule has 0 spiro atoms. The van der Waals surface area contributed by atoms with E-state index in [4.69, 9.17) is 4.74 Å². The van der Waals surface area contributed by atoms with Crippen LogP contribution in [0.1, 0.15) is 16.7 Å². The summed E-state index contributed by atoms with van der Waals surface area (Å²) in [5, 5.41) is -0.426. The third kappa shape index (κ3) is 5.14. The Hall–Kier alpha value is -2.42. The molecule has 32 heavy (non-hydrogen) atoms. The number of nitrogens with zero attached hydrogens (tertiary/aromatic N) is 1. The van der Waals surface area contributed by atoms with Gasteiger partial charge in [-0.3, -0.25) is 14.5 Å². The van der Waals surface area contributed by atoms with Crippen LogP contribution in [0, 0.1) is 5.82 Å². The maximum absolute atomic E-state index is 13.9. The number of imide groups is 1. The molecule has 8 heteroatoms. The van der Waals surface area contributed by atoms with Gasteiger partial charge in [0.2, 0.25) is 0 Å². The smallest absolute Gasteiger partial charge is 0.293 e. The maximum atomic E-state index is 13.9. The molecule has 1 fully saturated rings. The van der Waals surface area contributed by atoms with E-state index >= 15 is 0 Å². The summed E-state index contributed by atoms with van der Waals surface area (Å²) in [7, 11) is 0. The van der Waals surface area contributed by atoms with Gasteiger partial charge in [-0.1, -0.05) is 48.5 Å². The Bertz CT molecular complexity index is 1190. The first-order valence-corrected chi connectivity index (χ1v) is 12.0. The lowest BCUT2D eigenvalue weighted by atomic mass is 10.2. The molecule has 1 aliphatic rings. The third-order valence-electron chi connectivity index (χ3n) is 4.70. The first-order valence-electron chi connectivity index (χ1n) is 9.57. The Morgan fingerprint density at radius 2 is 1.62 bits per heavy atom. The van der Waals surface area contributed by atoms with E-state index in [9.17, 15) is 14.0 Å². The van der Waals surface area contributed by atoms with Crippen molar-refractivity contribution in [3.05, 3.63) is 103 Å². The van der Waals surface area contributed by atoms with Crippen molar-refractivity contribution < 1.29 is 18.7 Å². The number of benzene rings is 3. The lowest BCUT2D eigenvalue weighted by Gasteiger charge is -2.13. The highest BCUT2D eigenvalue weighted by Gasteiger charge is 2.35. The zero-order valence-electron chi connectivity index (χ0n) is 16.6. The van der Waals surface area contributed by atoms with Gasteiger partial charge >= 0.3 is 0 Å². The van der Waals surface area contributed by atoms with E-state index in [1.54, 1.807) is 24.3 Å². The van der Waals surface area contributed by atoms with E-state index in [2.05, 4.69) is 31.9 Å². The molecule has 4 nitrogen and oxygen atoms in total. The van der Waals surface area contributed by atoms with Crippen molar-refractivity contribution >= 4 is 60.8 Å². The van der Waals surface area contributed by atoms with Gasteiger partial charge in [0, 0.05) is 5.56 Å². The molecule has 0 atom stereocenters. The number of halogens is 3. The first kappa shape index (κ1) is 22.8. The Balaban J connectivity index is 1.51. The molecule has 0 saturated carbocycles. The van der Waals surface area contributed by atoms with Gasteiger partial charge in [-0.2, -0.15) is 0 Å². The number of ether oxygens (including phenoxy) is 1. The summed E-state index contributed by atoms with van der Waals surface area (Å²) in [5.74, 6) is -0.256. The zero-order valence-corrected chi connectivity index (χ0v) is 20.5. The monoisotopic (exact) mass is 575 g/mol. The van der Waals surface area contributed by atoms with E-state index in [1.165, 1.54) is 6.07 Å². The average molecular weight is 577 g/mol. The van der Waals surface area contributed by atoms with E-state index in [0.29, 0.717) is 32.4 Å². The number of hydrogen-bond donors (Lipinski definition) is 0. The molecule has 3 aromatic carbocycles. The summed E-state index contributed by atoms with van der Waals surface area (Å²) in [6.07, 6.45) is 1.64. The van der Waals surface area contributed by atoms with Crippen LogP contribution < -0.4 is 4.74 Å². The van der Waals surface area contributed by atoms with Crippen LogP contribution in [0.25, 0.3) is 6.08 Å². The minimum atomic E-state index is -0.450. The first-order chi connectivity index (χ1) is 15.4. The second kappa shape index (κ2) is 10.0. The molecule has 0 unspecified atom stereocenters. The maximum Gasteiger partial charge on any atom is 0.293 e. The molecule has 0 N–H and O–H groups in total. The van der Waals surface area contributed by atoms with E-state index in [1.807, 2.05) is 42.5 Å². The molecule has 3 aromatic rings. The van der Waals surface area contributed by atoms with Crippen molar-refractivity contribution in [2.45, 2.75) is 13.2 Å². The Morgan fingerprint density at radius 1 is 0.969 bits per heavy atom. The highest BCUT2D eigenvalue weighted by atomic mass is 79.9. The SMILES string of the molecule is O=C1S/C(=C\c2cc(Br)c(OCc3ccccc3)c(Br)c2)C(=O)N1Cc1ccccc1F. The van der Waals surface area contributed by atoms with Crippen molar-refractivity contribution in [1.82, 2.24) is 4.90 Å². The van der Waals surface area contributed by atoms with Crippen molar-refractivity contribution in [2.24, 2.45) is 0 Å². The van der Waals surface area contributed by atoms with Crippen LogP contribution in [0.4, 0.5) is 9.18 Å². The van der Waals surface area contributed by atoms with Gasteiger partial charge < -0.3 is 4.74 Å². The second-order valence-electron chi connectivity index (χ2n) is 6.95. The minimum absolute atomic E-state index is 0.103. The Morgan fingerprint density at radius 3 is 2.31 bits per heavy atom. The van der Waals surface area contributed by atoms with Gasteiger partial charge in [0.1, 0.15) is 18.2 Å². The minimum Gasteiger partial charge on any atom is -0.487 e. The number of carbonyl (C=O) groups is 2. The molecule has 0 aliphatic carbocycles. The molecule has 1 saturated heterocycles. The quantitative estimate of drug-likeness (QED) is 0.292. The third-order valence-corrected chi connectivity index (χ3v) is 6.79. The summed E-state index contributed by atoms with van der Waals surface area (Å²) in [6, 6.07) is 19.5. The fourth-order valence-corrected chi connectivity index (χ4v) is 5.40. The molecule has 0 aromatic heterocycles. The van der Waals surface area contributed by atoms with Crippen LogP contribution in [-0.2, 0) is 17.9 Å². The fraction of sp³-hybridized carbons (Fsp3) is 0.0833. The van der Waals surface area contributed by atoms with Crippen LogP contribution >= 0.6 is 43.6 Å². The van der Waals surface area contributed by atoms with Crippen LogP contribution in [0.5, 0.6) is 5.75 Å². The lowest BCUT2D eigenvalue weighted by Crippen LogP contribution is -2.27. The molecule has 0 radical (unpaired) electrons. The van der Waals surface area contributed by atoms with Crippen LogP contribution in [0.3, 0.4) is 0 Å². The Labute approximate surface area is 205 Å². The standard InChI is InChI=1S/C24H16Br2FNO3S/c25-18-10-16(11-19(26)22(18)31-14-15-6-2-1-3-7-15)12-21-23(29)28(24(30)32-21)13-17-8-4-5-9-20(17)27/h1-12H,13-14H2/b21-12-. The number of thioether (sulfide) groups is 1. The highest BCUT2D eigenvalue weighted by Crippen LogP contribution is 2.38. The number of rotatable bonds is 6. The molecule has 0 bridgehead atoms. The van der Waals surface area contributed by atoms with Gasteiger partial charge in [0.05, 0.1) is 20.4 Å². The van der Waals surface area contributed by atoms with Gasteiger partial charge in [-0.25, -0.2) is 4.39 Å². The summed E-state index contributed by atoms with van der Waals surface area (Å²) < 4.78 is 21.3. The van der Waals surface area contributed by atoms with Gasteiger partial charge in [-0.15, -0.1) is 0 Å². The van der Waals surface area contributed by atoms with Gasteiger partial charge in [-0.05, 0) is 79.0 Å². The average Bonchev–Trinajstić information content (AvgIpc) is 3.02. The second-order valence-corrected chi connectivity index (χ2v) is 9.65. The molecule has 2 amide bonds. The molecular weight excluding hydrogens is 561 g/mol. The fourth-order valence-electron chi connectivity index (χ4n) is 3.12. The van der Waals surface area contributed by atoms with Crippen molar-refractivity contribution in [3.8, 4) is 5.75 Å². The van der Waals surface area contributed by atoms with E-state index in [-0.39, 0.29) is 11.4 Å². The van der Waals surface area contributed by atoms with Crippen molar-refractivity contribution in [2.75, 3.05) is 0 Å². The summed E-state index contributed by atoms with van der Waals surface area (Å²) in [6.45, 7) is 0.306. The van der Waals surface area contributed by atoms with Gasteiger partial charge in [0.25, 0.3) is 11.1 Å². The molecular formula is C24H16Br2FNO3S. The predicted molar refractivity (Wildman–Crippen MR) is 131 cm³/mol. The summed E-state index contributed by atoms with van der Waals surface area (Å²) in [5.41, 5.74) is 2.05. The van der Waals surface area contributed by atoms with Gasteiger partial charge in [0.15, 0.2) is 0 Å². The normalized spacial score (nSPS) is 15.0. The summed E-state index contributed by atoms with van der Waals surface area (Å²) in [4.78, 5) is 26.5. The van der Waals surface area contributed by atoms with Crippen LogP contribution in [-0.4, -0.2) is 16.0 Å². The van der Waals surface area contributed by atoms with E-state index in [0.717, 1.165) is 22.2 Å². The largest absolute Gasteiger partial charge is 0.487 e.